The summed E-state index contributed by atoms with van der Waals surface area (Å²) < 4.78 is 0. The van der Waals surface area contributed by atoms with Crippen molar-refractivity contribution in [3.05, 3.63) is 35.4 Å². The molecule has 2 nitrogen and oxygen atoms in total. The van der Waals surface area contributed by atoms with Gasteiger partial charge in [-0.15, -0.1) is 0 Å². The normalized spacial score (nSPS) is 26.3. The highest BCUT2D eigenvalue weighted by Crippen LogP contribution is 2.29. The maximum Gasteiger partial charge on any atom is 0.0455 e. The summed E-state index contributed by atoms with van der Waals surface area (Å²) in [5.41, 5.74) is 9.01. The first-order valence-electron chi connectivity index (χ1n) is 5.20. The van der Waals surface area contributed by atoms with Gasteiger partial charge in [-0.2, -0.15) is 0 Å². The van der Waals surface area contributed by atoms with Crippen molar-refractivity contribution < 1.29 is 0 Å². The first kappa shape index (κ1) is 9.69. The van der Waals surface area contributed by atoms with Gasteiger partial charge in [-0.3, -0.25) is 0 Å². The van der Waals surface area contributed by atoms with E-state index in [4.69, 9.17) is 5.73 Å². The summed E-state index contributed by atoms with van der Waals surface area (Å²) in [5.74, 6) is 0. The van der Waals surface area contributed by atoms with Gasteiger partial charge in [0.15, 0.2) is 0 Å². The predicted octanol–water partition coefficient (Wildman–Crippen LogP) is 1.56. The zero-order valence-electron chi connectivity index (χ0n) is 8.90. The summed E-state index contributed by atoms with van der Waals surface area (Å²) in [7, 11) is 4.22. The van der Waals surface area contributed by atoms with Gasteiger partial charge in [0.25, 0.3) is 0 Å². The molecule has 0 spiro atoms. The largest absolute Gasteiger partial charge is 0.323 e. The second kappa shape index (κ2) is 3.71. The highest BCUT2D eigenvalue weighted by Gasteiger charge is 2.27. The Balaban J connectivity index is 2.31. The standard InChI is InChI=1S/C12H18N2/c1-14(2)11-8-7-9-5-3-4-6-10(9)12(11)13/h3-6,11-12H,7-8,13H2,1-2H3/t11-,12+/m1/s1. The molecule has 2 N–H and O–H groups in total. The lowest BCUT2D eigenvalue weighted by molar-refractivity contribution is 0.231. The van der Waals surface area contributed by atoms with E-state index in [1.807, 2.05) is 0 Å². The SMILES string of the molecule is CN(C)[C@@H]1CCc2ccccc2[C@@H]1N. The highest BCUT2D eigenvalue weighted by atomic mass is 15.1. The Bertz CT molecular complexity index is 320. The molecule has 2 atom stereocenters. The summed E-state index contributed by atoms with van der Waals surface area (Å²) in [4.78, 5) is 2.24. The number of rotatable bonds is 1. The fraction of sp³-hybridized carbons (Fsp3) is 0.500. The molecule has 0 heterocycles. The molecule has 2 heteroatoms. The van der Waals surface area contributed by atoms with Crippen LogP contribution in [0.15, 0.2) is 24.3 Å². The Hall–Kier alpha value is -0.860. The van der Waals surface area contributed by atoms with Crippen LogP contribution in [0.3, 0.4) is 0 Å². The van der Waals surface area contributed by atoms with E-state index in [1.165, 1.54) is 17.5 Å². The minimum absolute atomic E-state index is 0.176. The first-order valence-corrected chi connectivity index (χ1v) is 5.20. The van der Waals surface area contributed by atoms with E-state index in [9.17, 15) is 0 Å². The topological polar surface area (TPSA) is 29.3 Å². The Morgan fingerprint density at radius 2 is 2.00 bits per heavy atom. The number of nitrogens with two attached hydrogens (primary N) is 1. The molecule has 0 amide bonds. The molecular weight excluding hydrogens is 172 g/mol. The van der Waals surface area contributed by atoms with Crippen LogP contribution >= 0.6 is 0 Å². The molecular formula is C12H18N2. The molecule has 0 fully saturated rings. The van der Waals surface area contributed by atoms with Crippen molar-refractivity contribution in [1.29, 1.82) is 0 Å². The molecule has 0 saturated carbocycles. The molecule has 76 valence electrons. The quantitative estimate of drug-likeness (QED) is 0.728. The number of fused-ring (bicyclic) bond motifs is 1. The van der Waals surface area contributed by atoms with Crippen LogP contribution in [0.4, 0.5) is 0 Å². The number of hydrogen-bond acceptors (Lipinski definition) is 2. The minimum Gasteiger partial charge on any atom is -0.323 e. The molecule has 1 aromatic carbocycles. The van der Waals surface area contributed by atoms with Crippen molar-refractivity contribution in [1.82, 2.24) is 4.90 Å². The summed E-state index contributed by atoms with van der Waals surface area (Å²) >= 11 is 0. The lowest BCUT2D eigenvalue weighted by Crippen LogP contribution is -2.41. The van der Waals surface area contributed by atoms with Gasteiger partial charge in [0, 0.05) is 12.1 Å². The maximum absolute atomic E-state index is 6.25. The molecule has 0 radical (unpaired) electrons. The van der Waals surface area contributed by atoms with E-state index in [0.717, 1.165) is 6.42 Å². The van der Waals surface area contributed by atoms with E-state index in [2.05, 4.69) is 43.3 Å². The second-order valence-electron chi connectivity index (χ2n) is 4.29. The third-order valence-electron chi connectivity index (χ3n) is 3.20. The number of hydrogen-bond donors (Lipinski definition) is 1. The zero-order chi connectivity index (χ0) is 10.1. The number of benzene rings is 1. The van der Waals surface area contributed by atoms with Crippen molar-refractivity contribution in [2.24, 2.45) is 5.73 Å². The van der Waals surface area contributed by atoms with Gasteiger partial charge in [0.05, 0.1) is 0 Å². The Morgan fingerprint density at radius 1 is 1.29 bits per heavy atom. The van der Waals surface area contributed by atoms with Crippen LogP contribution in [0.1, 0.15) is 23.6 Å². The average molecular weight is 190 g/mol. The molecule has 0 bridgehead atoms. The molecule has 2 rings (SSSR count). The van der Waals surface area contributed by atoms with Crippen LogP contribution < -0.4 is 5.73 Å². The average Bonchev–Trinajstić information content (AvgIpc) is 2.18. The fourth-order valence-electron chi connectivity index (χ4n) is 2.36. The summed E-state index contributed by atoms with van der Waals surface area (Å²) in [5, 5.41) is 0. The van der Waals surface area contributed by atoms with Crippen molar-refractivity contribution in [3.8, 4) is 0 Å². The Labute approximate surface area is 85.7 Å². The summed E-state index contributed by atoms with van der Waals surface area (Å²) in [6, 6.07) is 9.20. The molecule has 0 aromatic heterocycles. The number of aryl methyl sites for hydroxylation is 1. The van der Waals surface area contributed by atoms with Crippen LogP contribution in [-0.2, 0) is 6.42 Å². The lowest BCUT2D eigenvalue weighted by atomic mass is 9.84. The number of nitrogens with zero attached hydrogens (tertiary/aromatic N) is 1. The van der Waals surface area contributed by atoms with Gasteiger partial charge in [0.2, 0.25) is 0 Å². The van der Waals surface area contributed by atoms with E-state index >= 15 is 0 Å². The maximum atomic E-state index is 6.25. The molecule has 0 unspecified atom stereocenters. The van der Waals surface area contributed by atoms with Gasteiger partial charge in [-0.05, 0) is 38.1 Å². The first-order chi connectivity index (χ1) is 6.70. The third-order valence-corrected chi connectivity index (χ3v) is 3.20. The van der Waals surface area contributed by atoms with Gasteiger partial charge in [-0.1, -0.05) is 24.3 Å². The molecule has 1 aliphatic rings. The van der Waals surface area contributed by atoms with Crippen molar-refractivity contribution >= 4 is 0 Å². The third kappa shape index (κ3) is 1.56. The monoisotopic (exact) mass is 190 g/mol. The van der Waals surface area contributed by atoms with E-state index in [1.54, 1.807) is 0 Å². The van der Waals surface area contributed by atoms with Gasteiger partial charge < -0.3 is 10.6 Å². The molecule has 1 aliphatic carbocycles. The fourth-order valence-corrected chi connectivity index (χ4v) is 2.36. The smallest absolute Gasteiger partial charge is 0.0455 e. The van der Waals surface area contributed by atoms with Crippen LogP contribution in [0.5, 0.6) is 0 Å². The molecule has 0 aliphatic heterocycles. The lowest BCUT2D eigenvalue weighted by Gasteiger charge is -2.35. The minimum atomic E-state index is 0.176. The van der Waals surface area contributed by atoms with Gasteiger partial charge in [-0.25, -0.2) is 0 Å². The summed E-state index contributed by atoms with van der Waals surface area (Å²) in [6.45, 7) is 0. The zero-order valence-corrected chi connectivity index (χ0v) is 8.90. The van der Waals surface area contributed by atoms with E-state index < -0.39 is 0 Å². The van der Waals surface area contributed by atoms with E-state index in [-0.39, 0.29) is 6.04 Å². The van der Waals surface area contributed by atoms with Crippen molar-refractivity contribution in [3.63, 3.8) is 0 Å². The van der Waals surface area contributed by atoms with E-state index in [0.29, 0.717) is 6.04 Å². The molecule has 14 heavy (non-hydrogen) atoms. The van der Waals surface area contributed by atoms with Crippen LogP contribution in [-0.4, -0.2) is 25.0 Å². The molecule has 0 saturated heterocycles. The van der Waals surface area contributed by atoms with Crippen LogP contribution in [0.2, 0.25) is 0 Å². The van der Waals surface area contributed by atoms with Crippen molar-refractivity contribution in [2.75, 3.05) is 14.1 Å². The second-order valence-corrected chi connectivity index (χ2v) is 4.29. The van der Waals surface area contributed by atoms with Crippen molar-refractivity contribution in [2.45, 2.75) is 24.9 Å². The summed E-state index contributed by atoms with van der Waals surface area (Å²) in [6.07, 6.45) is 2.33. The van der Waals surface area contributed by atoms with Crippen LogP contribution in [0, 0.1) is 0 Å². The predicted molar refractivity (Wildman–Crippen MR) is 59.2 cm³/mol. The highest BCUT2D eigenvalue weighted by molar-refractivity contribution is 5.33. The Kier molecular flexibility index (Phi) is 2.57. The van der Waals surface area contributed by atoms with Crippen LogP contribution in [0.25, 0.3) is 0 Å². The van der Waals surface area contributed by atoms with Gasteiger partial charge in [0.1, 0.15) is 0 Å². The van der Waals surface area contributed by atoms with Gasteiger partial charge >= 0.3 is 0 Å². The molecule has 1 aromatic rings. The number of likely N-dealkylation sites (N-methyl/N-ethyl adjacent to an activating group) is 1. The Morgan fingerprint density at radius 3 is 2.71 bits per heavy atom.